The molecule has 81 valence electrons. The molecule has 1 saturated heterocycles. The van der Waals surface area contributed by atoms with Crippen LogP contribution in [-0.4, -0.2) is 6.61 Å². The predicted octanol–water partition coefficient (Wildman–Crippen LogP) is 3.81. The zero-order valence-corrected chi connectivity index (χ0v) is 9.75. The third-order valence-electron chi connectivity index (χ3n) is 3.39. The third kappa shape index (κ3) is 2.60. The molecule has 1 rings (SSSR count). The largest absolute Gasteiger partial charge is 0.372 e. The molecule has 0 aromatic rings. The smallest absolute Gasteiger partial charge is 0.0976 e. The maximum Gasteiger partial charge on any atom is 0.0976 e. The SMILES string of the molecule is C=CCC1[C](C)OCC(C)C1CCC. The molecule has 1 nitrogen and oxygen atoms in total. The maximum absolute atomic E-state index is 5.70. The van der Waals surface area contributed by atoms with E-state index in [0.29, 0.717) is 11.8 Å². The molecule has 1 aliphatic rings. The van der Waals surface area contributed by atoms with Gasteiger partial charge in [0.2, 0.25) is 0 Å². The van der Waals surface area contributed by atoms with Crippen molar-refractivity contribution >= 4 is 0 Å². The Hall–Kier alpha value is -0.300. The lowest BCUT2D eigenvalue weighted by Gasteiger charge is -2.39. The van der Waals surface area contributed by atoms with Crippen LogP contribution < -0.4 is 0 Å². The van der Waals surface area contributed by atoms with E-state index in [2.05, 4.69) is 27.4 Å². The molecule has 0 N–H and O–H groups in total. The normalized spacial score (nSPS) is 34.4. The minimum atomic E-state index is 0.608. The average Bonchev–Trinajstić information content (AvgIpc) is 2.17. The van der Waals surface area contributed by atoms with Crippen LogP contribution in [0.2, 0.25) is 0 Å². The summed E-state index contributed by atoms with van der Waals surface area (Å²) in [6.07, 6.45) is 6.91. The summed E-state index contributed by atoms with van der Waals surface area (Å²) in [5, 5.41) is 0. The van der Waals surface area contributed by atoms with Crippen molar-refractivity contribution in [3.05, 3.63) is 18.8 Å². The summed E-state index contributed by atoms with van der Waals surface area (Å²) in [7, 11) is 0. The number of allylic oxidation sites excluding steroid dienone is 1. The summed E-state index contributed by atoms with van der Waals surface area (Å²) in [5.41, 5.74) is 0. The first-order valence-electron chi connectivity index (χ1n) is 5.77. The van der Waals surface area contributed by atoms with Crippen molar-refractivity contribution in [2.24, 2.45) is 17.8 Å². The summed E-state index contributed by atoms with van der Waals surface area (Å²) in [5.74, 6) is 2.10. The Balaban J connectivity index is 2.64. The monoisotopic (exact) mass is 195 g/mol. The highest BCUT2D eigenvalue weighted by molar-refractivity contribution is 4.96. The van der Waals surface area contributed by atoms with Gasteiger partial charge < -0.3 is 4.74 Å². The molecule has 1 fully saturated rings. The van der Waals surface area contributed by atoms with Gasteiger partial charge in [-0.25, -0.2) is 0 Å². The van der Waals surface area contributed by atoms with Crippen LogP contribution in [0.3, 0.4) is 0 Å². The molecule has 0 aliphatic carbocycles. The predicted molar refractivity (Wildman–Crippen MR) is 60.7 cm³/mol. The molecule has 1 heteroatoms. The minimum Gasteiger partial charge on any atom is -0.372 e. The second-order valence-electron chi connectivity index (χ2n) is 4.48. The molecule has 0 bridgehead atoms. The highest BCUT2D eigenvalue weighted by Gasteiger charge is 2.35. The van der Waals surface area contributed by atoms with Crippen molar-refractivity contribution in [1.82, 2.24) is 0 Å². The van der Waals surface area contributed by atoms with Crippen molar-refractivity contribution < 1.29 is 4.74 Å². The van der Waals surface area contributed by atoms with Gasteiger partial charge in [0.25, 0.3) is 0 Å². The molecule has 14 heavy (non-hydrogen) atoms. The second-order valence-corrected chi connectivity index (χ2v) is 4.48. The first-order valence-corrected chi connectivity index (χ1v) is 5.77. The quantitative estimate of drug-likeness (QED) is 0.620. The number of rotatable bonds is 4. The molecule has 0 aromatic carbocycles. The van der Waals surface area contributed by atoms with Crippen LogP contribution in [-0.2, 0) is 4.74 Å². The van der Waals surface area contributed by atoms with E-state index in [1.165, 1.54) is 18.9 Å². The van der Waals surface area contributed by atoms with E-state index < -0.39 is 0 Å². The van der Waals surface area contributed by atoms with Gasteiger partial charge in [-0.3, -0.25) is 0 Å². The van der Waals surface area contributed by atoms with Crippen LogP contribution >= 0.6 is 0 Å². The van der Waals surface area contributed by atoms with Gasteiger partial charge in [-0.1, -0.05) is 26.3 Å². The van der Waals surface area contributed by atoms with Crippen LogP contribution in [0, 0.1) is 23.9 Å². The molecule has 0 amide bonds. The molecule has 0 saturated carbocycles. The Morgan fingerprint density at radius 2 is 2.29 bits per heavy atom. The summed E-state index contributed by atoms with van der Waals surface area (Å²) >= 11 is 0. The molecule has 3 atom stereocenters. The lowest BCUT2D eigenvalue weighted by Crippen LogP contribution is -2.35. The van der Waals surface area contributed by atoms with Gasteiger partial charge in [0.15, 0.2) is 0 Å². The Bertz CT molecular complexity index is 176. The van der Waals surface area contributed by atoms with Crippen molar-refractivity contribution in [3.63, 3.8) is 0 Å². The fraction of sp³-hybridized carbons (Fsp3) is 0.769. The topological polar surface area (TPSA) is 9.23 Å². The Kier molecular flexibility index (Phi) is 4.67. The van der Waals surface area contributed by atoms with Gasteiger partial charge in [0.05, 0.1) is 12.7 Å². The molecule has 0 aromatic heterocycles. The highest BCUT2D eigenvalue weighted by Crippen LogP contribution is 2.40. The Labute approximate surface area is 88.5 Å². The maximum atomic E-state index is 5.70. The van der Waals surface area contributed by atoms with Gasteiger partial charge in [-0.2, -0.15) is 0 Å². The van der Waals surface area contributed by atoms with Crippen molar-refractivity contribution in [2.45, 2.75) is 40.0 Å². The van der Waals surface area contributed by atoms with Crippen LogP contribution in [0.15, 0.2) is 12.7 Å². The number of ether oxygens (including phenoxy) is 1. The van der Waals surface area contributed by atoms with Crippen LogP contribution in [0.25, 0.3) is 0 Å². The van der Waals surface area contributed by atoms with E-state index in [9.17, 15) is 0 Å². The van der Waals surface area contributed by atoms with Crippen LogP contribution in [0.1, 0.15) is 40.0 Å². The first-order chi connectivity index (χ1) is 6.70. The summed E-state index contributed by atoms with van der Waals surface area (Å²) in [4.78, 5) is 0. The lowest BCUT2D eigenvalue weighted by atomic mass is 9.74. The van der Waals surface area contributed by atoms with Crippen LogP contribution in [0.5, 0.6) is 0 Å². The average molecular weight is 195 g/mol. The van der Waals surface area contributed by atoms with E-state index in [1.807, 2.05) is 6.08 Å². The molecular formula is C13H23O. The van der Waals surface area contributed by atoms with E-state index in [-0.39, 0.29) is 0 Å². The summed E-state index contributed by atoms with van der Waals surface area (Å²) in [6, 6.07) is 0. The van der Waals surface area contributed by atoms with Gasteiger partial charge in [-0.15, -0.1) is 6.58 Å². The van der Waals surface area contributed by atoms with Crippen molar-refractivity contribution in [3.8, 4) is 0 Å². The van der Waals surface area contributed by atoms with E-state index in [0.717, 1.165) is 18.9 Å². The third-order valence-corrected chi connectivity index (χ3v) is 3.39. The standard InChI is InChI=1S/C13H23O/c1-5-7-12-10(3)9-14-11(4)13(12)8-6-2/h6,10,12-13H,2,5,7-9H2,1,3-4H3. The lowest BCUT2D eigenvalue weighted by molar-refractivity contribution is -0.0140. The molecule has 0 spiro atoms. The van der Waals surface area contributed by atoms with Gasteiger partial charge in [-0.05, 0) is 37.5 Å². The summed E-state index contributed by atoms with van der Waals surface area (Å²) in [6.45, 7) is 11.4. The van der Waals surface area contributed by atoms with E-state index in [4.69, 9.17) is 4.74 Å². The minimum absolute atomic E-state index is 0.608. The molecular weight excluding hydrogens is 172 g/mol. The zero-order valence-electron chi connectivity index (χ0n) is 9.75. The molecule has 3 unspecified atom stereocenters. The fourth-order valence-corrected chi connectivity index (χ4v) is 2.53. The molecule has 1 heterocycles. The van der Waals surface area contributed by atoms with Crippen LogP contribution in [0.4, 0.5) is 0 Å². The van der Waals surface area contributed by atoms with E-state index in [1.54, 1.807) is 0 Å². The Morgan fingerprint density at radius 3 is 2.86 bits per heavy atom. The number of hydrogen-bond acceptors (Lipinski definition) is 1. The fourth-order valence-electron chi connectivity index (χ4n) is 2.53. The summed E-state index contributed by atoms with van der Waals surface area (Å²) < 4.78 is 5.70. The van der Waals surface area contributed by atoms with Gasteiger partial charge >= 0.3 is 0 Å². The highest BCUT2D eigenvalue weighted by atomic mass is 16.5. The van der Waals surface area contributed by atoms with Gasteiger partial charge in [0.1, 0.15) is 0 Å². The van der Waals surface area contributed by atoms with Crippen molar-refractivity contribution in [1.29, 1.82) is 0 Å². The second kappa shape index (κ2) is 5.55. The molecule has 1 aliphatic heterocycles. The van der Waals surface area contributed by atoms with E-state index >= 15 is 0 Å². The zero-order chi connectivity index (χ0) is 10.6. The van der Waals surface area contributed by atoms with Crippen molar-refractivity contribution in [2.75, 3.05) is 6.61 Å². The molecule has 1 radical (unpaired) electrons. The Morgan fingerprint density at radius 1 is 1.57 bits per heavy atom. The number of hydrogen-bond donors (Lipinski definition) is 0. The first kappa shape index (κ1) is 11.8. The van der Waals surface area contributed by atoms with Gasteiger partial charge in [0, 0.05) is 0 Å².